The molecule has 1 N–H and O–H groups in total. The van der Waals surface area contributed by atoms with E-state index in [9.17, 15) is 9.59 Å². The van der Waals surface area contributed by atoms with Crippen LogP contribution in [0.3, 0.4) is 0 Å². The number of nitrogens with zero attached hydrogens (tertiary/aromatic N) is 3. The molecule has 0 bridgehead atoms. The molecule has 0 fully saturated rings. The Labute approximate surface area is 175 Å². The number of amides is 1. The number of benzene rings is 2. The number of pyridine rings is 1. The van der Waals surface area contributed by atoms with Crippen LogP contribution in [-0.4, -0.2) is 26.2 Å². The second kappa shape index (κ2) is 8.46. The van der Waals surface area contributed by atoms with Gasteiger partial charge in [-0.3, -0.25) is 19.1 Å². The first-order valence-corrected chi connectivity index (χ1v) is 10.1. The van der Waals surface area contributed by atoms with Gasteiger partial charge < -0.3 is 5.32 Å². The number of hydrogen-bond donors (Lipinski definition) is 1. The third-order valence-electron chi connectivity index (χ3n) is 4.09. The van der Waals surface area contributed by atoms with Crippen LogP contribution in [0.4, 0.5) is 5.69 Å². The Hall–Kier alpha value is -3.16. The van der Waals surface area contributed by atoms with Gasteiger partial charge in [0.15, 0.2) is 5.16 Å². The van der Waals surface area contributed by atoms with Crippen LogP contribution in [0.15, 0.2) is 83.0 Å². The SMILES string of the molecule is O=C(CSc1nc2ccccc2c(=O)n1-c1cccnc1)Nc1cccc(Cl)c1. The fourth-order valence-corrected chi connectivity index (χ4v) is 3.82. The topological polar surface area (TPSA) is 76.9 Å². The number of anilines is 1. The lowest BCUT2D eigenvalue weighted by molar-refractivity contribution is -0.113. The maximum Gasteiger partial charge on any atom is 0.266 e. The molecule has 4 rings (SSSR count). The van der Waals surface area contributed by atoms with Gasteiger partial charge in [0, 0.05) is 16.9 Å². The monoisotopic (exact) mass is 422 g/mol. The van der Waals surface area contributed by atoms with Crippen LogP contribution in [0.2, 0.25) is 5.02 Å². The highest BCUT2D eigenvalue weighted by Gasteiger charge is 2.15. The van der Waals surface area contributed by atoms with Crippen LogP contribution < -0.4 is 10.9 Å². The summed E-state index contributed by atoms with van der Waals surface area (Å²) in [6.07, 6.45) is 3.22. The Morgan fingerprint density at radius 3 is 2.76 bits per heavy atom. The van der Waals surface area contributed by atoms with E-state index in [1.165, 1.54) is 16.3 Å². The number of nitrogens with one attached hydrogen (secondary N) is 1. The molecule has 1 amide bonds. The average molecular weight is 423 g/mol. The van der Waals surface area contributed by atoms with Crippen LogP contribution in [0.1, 0.15) is 0 Å². The number of carbonyl (C=O) groups excluding carboxylic acids is 1. The van der Waals surface area contributed by atoms with E-state index < -0.39 is 0 Å². The van der Waals surface area contributed by atoms with E-state index in [0.717, 1.165) is 0 Å². The highest BCUT2D eigenvalue weighted by Crippen LogP contribution is 2.22. The van der Waals surface area contributed by atoms with E-state index in [-0.39, 0.29) is 17.2 Å². The lowest BCUT2D eigenvalue weighted by Gasteiger charge is -2.13. The molecule has 2 aromatic carbocycles. The molecule has 2 aromatic heterocycles. The molecule has 8 heteroatoms. The van der Waals surface area contributed by atoms with Gasteiger partial charge in [0.05, 0.1) is 28.5 Å². The fraction of sp³-hybridized carbons (Fsp3) is 0.0476. The zero-order valence-electron chi connectivity index (χ0n) is 15.1. The summed E-state index contributed by atoms with van der Waals surface area (Å²) in [5.41, 5.74) is 1.57. The van der Waals surface area contributed by atoms with Gasteiger partial charge >= 0.3 is 0 Å². The van der Waals surface area contributed by atoms with Crippen LogP contribution in [-0.2, 0) is 4.79 Å². The number of hydrogen-bond acceptors (Lipinski definition) is 5. The molecule has 0 saturated heterocycles. The number of halogens is 1. The molecule has 0 atom stereocenters. The van der Waals surface area contributed by atoms with Crippen molar-refractivity contribution in [3.63, 3.8) is 0 Å². The zero-order chi connectivity index (χ0) is 20.2. The first-order valence-electron chi connectivity index (χ1n) is 8.72. The fourth-order valence-electron chi connectivity index (χ4n) is 2.82. The van der Waals surface area contributed by atoms with E-state index in [4.69, 9.17) is 11.6 Å². The molecule has 0 spiro atoms. The maximum atomic E-state index is 13.1. The number of para-hydroxylation sites is 1. The van der Waals surface area contributed by atoms with E-state index >= 15 is 0 Å². The Balaban J connectivity index is 1.66. The van der Waals surface area contributed by atoms with Gasteiger partial charge in [-0.15, -0.1) is 0 Å². The summed E-state index contributed by atoms with van der Waals surface area (Å²) in [5, 5.41) is 4.25. The summed E-state index contributed by atoms with van der Waals surface area (Å²) < 4.78 is 1.48. The Kier molecular flexibility index (Phi) is 5.59. The molecule has 0 saturated carbocycles. The van der Waals surface area contributed by atoms with Crippen molar-refractivity contribution in [2.75, 3.05) is 11.1 Å². The Morgan fingerprint density at radius 1 is 1.10 bits per heavy atom. The van der Waals surface area contributed by atoms with Gasteiger partial charge in [0.2, 0.25) is 5.91 Å². The maximum absolute atomic E-state index is 13.1. The van der Waals surface area contributed by atoms with Gasteiger partial charge in [-0.05, 0) is 42.5 Å². The minimum absolute atomic E-state index is 0.0809. The number of carbonyl (C=O) groups is 1. The second-order valence-electron chi connectivity index (χ2n) is 6.11. The highest BCUT2D eigenvalue weighted by molar-refractivity contribution is 7.99. The van der Waals surface area contributed by atoms with Gasteiger partial charge in [0.1, 0.15) is 0 Å². The standard InChI is InChI=1S/C21H15ClN4O2S/c22-14-5-3-6-15(11-14)24-19(27)13-29-21-25-18-9-2-1-8-17(18)20(28)26(21)16-7-4-10-23-12-16/h1-12H,13H2,(H,24,27). The number of aromatic nitrogens is 3. The van der Waals surface area contributed by atoms with E-state index in [2.05, 4.69) is 15.3 Å². The molecule has 29 heavy (non-hydrogen) atoms. The molecule has 144 valence electrons. The summed E-state index contributed by atoms with van der Waals surface area (Å²) in [6.45, 7) is 0. The molecule has 0 radical (unpaired) electrons. The zero-order valence-corrected chi connectivity index (χ0v) is 16.7. The Morgan fingerprint density at radius 2 is 1.97 bits per heavy atom. The Bertz CT molecular complexity index is 1240. The molecular weight excluding hydrogens is 408 g/mol. The van der Waals surface area contributed by atoms with E-state index in [0.29, 0.717) is 32.5 Å². The van der Waals surface area contributed by atoms with Crippen molar-refractivity contribution in [1.82, 2.24) is 14.5 Å². The summed E-state index contributed by atoms with van der Waals surface area (Å²) in [6, 6.07) is 17.6. The average Bonchev–Trinajstić information content (AvgIpc) is 2.73. The first-order chi connectivity index (χ1) is 14.1. The molecule has 4 aromatic rings. The summed E-state index contributed by atoms with van der Waals surface area (Å²) in [7, 11) is 0. The molecule has 0 aliphatic rings. The van der Waals surface area contributed by atoms with Crippen LogP contribution in [0.25, 0.3) is 16.6 Å². The summed E-state index contributed by atoms with van der Waals surface area (Å²) in [5.74, 6) is -0.144. The van der Waals surface area contributed by atoms with Crippen LogP contribution in [0.5, 0.6) is 0 Å². The van der Waals surface area contributed by atoms with E-state index in [1.807, 2.05) is 6.07 Å². The molecule has 0 aliphatic carbocycles. The van der Waals surface area contributed by atoms with Crippen LogP contribution >= 0.6 is 23.4 Å². The molecule has 2 heterocycles. The molecular formula is C21H15ClN4O2S. The third-order valence-corrected chi connectivity index (χ3v) is 5.26. The smallest absolute Gasteiger partial charge is 0.266 e. The van der Waals surface area contributed by atoms with Crippen molar-refractivity contribution in [1.29, 1.82) is 0 Å². The molecule has 0 aliphatic heterocycles. The summed E-state index contributed by atoms with van der Waals surface area (Å²) >= 11 is 7.13. The number of thioether (sulfide) groups is 1. The van der Waals surface area contributed by atoms with Gasteiger partial charge in [-0.2, -0.15) is 0 Å². The van der Waals surface area contributed by atoms with Gasteiger partial charge in [-0.25, -0.2) is 4.98 Å². The first kappa shape index (κ1) is 19.2. The normalized spacial score (nSPS) is 10.8. The quantitative estimate of drug-likeness (QED) is 0.386. The van der Waals surface area contributed by atoms with Crippen molar-refractivity contribution in [2.45, 2.75) is 5.16 Å². The van der Waals surface area contributed by atoms with Gasteiger partial charge in [-0.1, -0.05) is 41.6 Å². The largest absolute Gasteiger partial charge is 0.325 e. The molecule has 0 unspecified atom stereocenters. The predicted molar refractivity (Wildman–Crippen MR) is 116 cm³/mol. The van der Waals surface area contributed by atoms with Gasteiger partial charge in [0.25, 0.3) is 5.56 Å². The van der Waals surface area contributed by atoms with Crippen molar-refractivity contribution in [3.8, 4) is 5.69 Å². The minimum Gasteiger partial charge on any atom is -0.325 e. The van der Waals surface area contributed by atoms with E-state index in [1.54, 1.807) is 67.0 Å². The summed E-state index contributed by atoms with van der Waals surface area (Å²) in [4.78, 5) is 34.2. The highest BCUT2D eigenvalue weighted by atomic mass is 35.5. The van der Waals surface area contributed by atoms with Crippen molar-refractivity contribution in [3.05, 3.63) is 88.4 Å². The van der Waals surface area contributed by atoms with Crippen molar-refractivity contribution >= 4 is 45.9 Å². The number of rotatable bonds is 5. The van der Waals surface area contributed by atoms with Crippen molar-refractivity contribution in [2.24, 2.45) is 0 Å². The predicted octanol–water partition coefficient (Wildman–Crippen LogP) is 4.16. The lowest BCUT2D eigenvalue weighted by Crippen LogP contribution is -2.23. The lowest BCUT2D eigenvalue weighted by atomic mass is 10.2. The minimum atomic E-state index is -0.225. The number of fused-ring (bicyclic) bond motifs is 1. The van der Waals surface area contributed by atoms with Crippen LogP contribution in [0, 0.1) is 0 Å². The third kappa shape index (κ3) is 4.31. The van der Waals surface area contributed by atoms with Crippen molar-refractivity contribution < 1.29 is 4.79 Å². The molecule has 6 nitrogen and oxygen atoms in total. The second-order valence-corrected chi connectivity index (χ2v) is 7.49.